The van der Waals surface area contributed by atoms with Crippen molar-refractivity contribution in [3.05, 3.63) is 11.8 Å². The molecule has 1 aliphatic heterocycles. The molecule has 1 heterocycles. The zero-order valence-corrected chi connectivity index (χ0v) is 13.4. The van der Waals surface area contributed by atoms with Gasteiger partial charge in [-0.15, -0.1) is 0 Å². The zero-order chi connectivity index (χ0) is 17.3. The predicted octanol–water partition coefficient (Wildman–Crippen LogP) is 2.77. The molecule has 0 saturated heterocycles. The lowest BCUT2D eigenvalue weighted by atomic mass is 10.1. The van der Waals surface area contributed by atoms with Crippen LogP contribution >= 0.6 is 0 Å². The minimum absolute atomic E-state index is 0.159. The van der Waals surface area contributed by atoms with E-state index in [1.165, 1.54) is 13.0 Å². The average molecular weight is 345 g/mol. The Morgan fingerprint density at radius 1 is 1.32 bits per heavy atom. The van der Waals surface area contributed by atoms with Gasteiger partial charge in [-0.2, -0.15) is 21.6 Å². The van der Waals surface area contributed by atoms with Gasteiger partial charge in [0.2, 0.25) is 0 Å². The van der Waals surface area contributed by atoms with Gasteiger partial charge in [-0.05, 0) is 40.2 Å². The Hall–Kier alpha value is -1.45. The van der Waals surface area contributed by atoms with Crippen molar-refractivity contribution in [2.45, 2.75) is 51.3 Å². The predicted molar refractivity (Wildman–Crippen MR) is 71.2 cm³/mol. The van der Waals surface area contributed by atoms with Crippen molar-refractivity contribution < 1.29 is 35.3 Å². The van der Waals surface area contributed by atoms with Crippen molar-refractivity contribution >= 4 is 16.2 Å². The normalized spacial score (nSPS) is 20.4. The highest BCUT2D eigenvalue weighted by Gasteiger charge is 2.49. The van der Waals surface area contributed by atoms with Crippen LogP contribution in [0.4, 0.5) is 18.0 Å². The fourth-order valence-corrected chi connectivity index (χ4v) is 2.27. The van der Waals surface area contributed by atoms with Crippen molar-refractivity contribution in [3.63, 3.8) is 0 Å². The van der Waals surface area contributed by atoms with Crippen LogP contribution in [0.2, 0.25) is 0 Å². The van der Waals surface area contributed by atoms with Crippen molar-refractivity contribution in [2.75, 3.05) is 6.54 Å². The van der Waals surface area contributed by atoms with E-state index in [0.717, 1.165) is 4.90 Å². The van der Waals surface area contributed by atoms with Crippen LogP contribution in [0.15, 0.2) is 11.8 Å². The smallest absolute Gasteiger partial charge is 0.444 e. The molecule has 0 aromatic rings. The standard InChI is InChI=1S/C12H18F3NO5S/c1-8-9(21-22(18,19)12(13,14)15)6-5-7-16(8)10(17)20-11(2,3)4/h6,8H,5,7H2,1-4H3. The molecule has 0 radical (unpaired) electrons. The van der Waals surface area contributed by atoms with Crippen LogP contribution < -0.4 is 0 Å². The number of carbonyl (C=O) groups excluding carboxylic acids is 1. The lowest BCUT2D eigenvalue weighted by Gasteiger charge is -2.34. The summed E-state index contributed by atoms with van der Waals surface area (Å²) in [4.78, 5) is 13.1. The Bertz CT molecular complexity index is 562. The third-order valence-electron chi connectivity index (χ3n) is 2.71. The number of halogens is 3. The second-order valence-electron chi connectivity index (χ2n) is 5.73. The summed E-state index contributed by atoms with van der Waals surface area (Å²) in [6, 6.07) is -0.985. The third kappa shape index (κ3) is 4.52. The highest BCUT2D eigenvalue weighted by atomic mass is 32.2. The molecule has 0 spiro atoms. The van der Waals surface area contributed by atoms with Crippen molar-refractivity contribution in [1.82, 2.24) is 4.90 Å². The molecule has 0 aliphatic carbocycles. The minimum Gasteiger partial charge on any atom is -0.444 e. The number of carbonyl (C=O) groups is 1. The fraction of sp³-hybridized carbons (Fsp3) is 0.750. The van der Waals surface area contributed by atoms with Crippen LogP contribution in [0, 0.1) is 0 Å². The molecule has 0 aromatic heterocycles. The molecule has 1 amide bonds. The largest absolute Gasteiger partial charge is 0.534 e. The first-order valence-electron chi connectivity index (χ1n) is 6.45. The van der Waals surface area contributed by atoms with Gasteiger partial charge in [0.1, 0.15) is 11.4 Å². The summed E-state index contributed by atoms with van der Waals surface area (Å²) in [5.41, 5.74) is -6.31. The molecule has 128 valence electrons. The maximum atomic E-state index is 12.3. The molecule has 0 bridgehead atoms. The van der Waals surface area contributed by atoms with Gasteiger partial charge in [0.25, 0.3) is 0 Å². The van der Waals surface area contributed by atoms with Gasteiger partial charge in [0.05, 0.1) is 6.04 Å². The van der Waals surface area contributed by atoms with Gasteiger partial charge in [-0.25, -0.2) is 4.79 Å². The lowest BCUT2D eigenvalue weighted by Crippen LogP contribution is -2.46. The van der Waals surface area contributed by atoms with E-state index in [1.807, 2.05) is 0 Å². The molecule has 1 rings (SSSR count). The summed E-state index contributed by atoms with van der Waals surface area (Å²) in [6.07, 6.45) is 0.625. The van der Waals surface area contributed by atoms with Crippen molar-refractivity contribution in [3.8, 4) is 0 Å². The molecular weight excluding hydrogens is 327 g/mol. The van der Waals surface area contributed by atoms with E-state index < -0.39 is 39.1 Å². The molecule has 1 aliphatic rings. The minimum atomic E-state index is -5.76. The monoisotopic (exact) mass is 345 g/mol. The second kappa shape index (κ2) is 5.98. The molecule has 22 heavy (non-hydrogen) atoms. The highest BCUT2D eigenvalue weighted by Crippen LogP contribution is 2.30. The van der Waals surface area contributed by atoms with Gasteiger partial charge in [-0.3, -0.25) is 4.90 Å². The molecule has 0 fully saturated rings. The first-order valence-corrected chi connectivity index (χ1v) is 7.86. The van der Waals surface area contributed by atoms with Gasteiger partial charge >= 0.3 is 21.7 Å². The Balaban J connectivity index is 2.89. The number of rotatable bonds is 2. The molecule has 0 N–H and O–H groups in total. The summed E-state index contributed by atoms with van der Waals surface area (Å²) < 4.78 is 68.4. The topological polar surface area (TPSA) is 72.9 Å². The van der Waals surface area contributed by atoms with Crippen LogP contribution in [-0.4, -0.2) is 43.1 Å². The molecule has 0 aromatic carbocycles. The first-order chi connectivity index (χ1) is 9.74. The summed E-state index contributed by atoms with van der Waals surface area (Å²) >= 11 is 0. The van der Waals surface area contributed by atoms with Gasteiger partial charge in [-0.1, -0.05) is 0 Å². The van der Waals surface area contributed by atoms with Crippen LogP contribution in [0.3, 0.4) is 0 Å². The zero-order valence-electron chi connectivity index (χ0n) is 12.6. The molecule has 1 atom stereocenters. The Labute approximate surface area is 127 Å². The SMILES string of the molecule is CC1C(OS(=O)(=O)C(F)(F)F)=CCCN1C(=O)OC(C)(C)C. The second-order valence-corrected chi connectivity index (χ2v) is 7.27. The van der Waals surface area contributed by atoms with Gasteiger partial charge in [0.15, 0.2) is 0 Å². The van der Waals surface area contributed by atoms with E-state index in [1.54, 1.807) is 20.8 Å². The summed E-state index contributed by atoms with van der Waals surface area (Å²) in [5.74, 6) is -0.450. The first kappa shape index (κ1) is 18.6. The molecule has 1 unspecified atom stereocenters. The van der Waals surface area contributed by atoms with E-state index in [-0.39, 0.29) is 13.0 Å². The number of alkyl halides is 3. The van der Waals surface area contributed by atoms with E-state index in [9.17, 15) is 26.4 Å². The number of hydrogen-bond donors (Lipinski definition) is 0. The van der Waals surface area contributed by atoms with E-state index in [4.69, 9.17) is 4.74 Å². The van der Waals surface area contributed by atoms with Crippen molar-refractivity contribution in [1.29, 1.82) is 0 Å². The third-order valence-corrected chi connectivity index (χ3v) is 3.69. The lowest BCUT2D eigenvalue weighted by molar-refractivity contribution is -0.0530. The number of hydrogen-bond acceptors (Lipinski definition) is 5. The van der Waals surface area contributed by atoms with Crippen LogP contribution in [0.1, 0.15) is 34.1 Å². The maximum absolute atomic E-state index is 12.3. The van der Waals surface area contributed by atoms with Gasteiger partial charge < -0.3 is 8.92 Å². The summed E-state index contributed by atoms with van der Waals surface area (Å²) in [6.45, 7) is 6.47. The molecular formula is C12H18F3NO5S. The van der Waals surface area contributed by atoms with Crippen LogP contribution in [-0.2, 0) is 19.0 Å². The van der Waals surface area contributed by atoms with Gasteiger partial charge in [0, 0.05) is 6.54 Å². The Morgan fingerprint density at radius 2 is 1.86 bits per heavy atom. The highest BCUT2D eigenvalue weighted by molar-refractivity contribution is 7.87. The summed E-state index contributed by atoms with van der Waals surface area (Å²) in [5, 5.41) is 0. The van der Waals surface area contributed by atoms with Crippen LogP contribution in [0.5, 0.6) is 0 Å². The van der Waals surface area contributed by atoms with E-state index in [0.29, 0.717) is 0 Å². The van der Waals surface area contributed by atoms with E-state index >= 15 is 0 Å². The van der Waals surface area contributed by atoms with Crippen LogP contribution in [0.25, 0.3) is 0 Å². The number of nitrogens with zero attached hydrogens (tertiary/aromatic N) is 1. The van der Waals surface area contributed by atoms with Crippen molar-refractivity contribution in [2.24, 2.45) is 0 Å². The number of amides is 1. The Kier molecular flexibility index (Phi) is 5.05. The summed E-state index contributed by atoms with van der Waals surface area (Å²) in [7, 11) is -5.76. The molecule has 6 nitrogen and oxygen atoms in total. The quantitative estimate of drug-likeness (QED) is 0.568. The maximum Gasteiger partial charge on any atom is 0.534 e. The van der Waals surface area contributed by atoms with E-state index in [2.05, 4.69) is 4.18 Å². The number of ether oxygens (including phenoxy) is 1. The fourth-order valence-electron chi connectivity index (χ4n) is 1.71. The Morgan fingerprint density at radius 3 is 2.32 bits per heavy atom. The molecule has 10 heteroatoms. The molecule has 0 saturated carbocycles. The average Bonchev–Trinajstić information content (AvgIpc) is 2.27.